The van der Waals surface area contributed by atoms with Crippen LogP contribution in [0.2, 0.25) is 0 Å². The molecule has 0 heterocycles. The molecule has 25 heavy (non-hydrogen) atoms. The Balaban J connectivity index is 2.46. The number of allylic oxidation sites excluding steroid dienone is 2. The molecule has 144 valence electrons. The number of rotatable bonds is 12. The average Bonchev–Trinajstić information content (AvgIpc) is 2.82. The topological polar surface area (TPSA) is 98.0 Å². The molecule has 0 spiro atoms. The second-order valence-corrected chi connectivity index (χ2v) is 7.05. The van der Waals surface area contributed by atoms with E-state index in [-0.39, 0.29) is 18.3 Å². The van der Waals surface area contributed by atoms with E-state index in [0.29, 0.717) is 25.7 Å². The molecule has 5 atom stereocenters. The van der Waals surface area contributed by atoms with E-state index in [0.717, 1.165) is 25.7 Å². The molecular weight excluding hydrogens is 320 g/mol. The molecule has 3 unspecified atom stereocenters. The summed E-state index contributed by atoms with van der Waals surface area (Å²) in [7, 11) is 0. The Morgan fingerprint density at radius 3 is 2.60 bits per heavy atom. The van der Waals surface area contributed by atoms with Crippen molar-refractivity contribution < 1.29 is 25.2 Å². The standard InChI is InChI=1S/C20H34O5/c1-2-3-6-9-15(21)12-13-17-16(18(22)14-19(17)23)10-7-4-5-8-11-20(24)25/h4,7,12-13,15-19,21-23H,2-3,5-6,8-11,14H2,1H3,(H,24,25)/t15?,16-,17+,18?,19?/m0/s1. The van der Waals surface area contributed by atoms with Crippen molar-refractivity contribution in [3.05, 3.63) is 24.3 Å². The molecule has 0 aliphatic heterocycles. The lowest BCUT2D eigenvalue weighted by atomic mass is 9.89. The van der Waals surface area contributed by atoms with Crippen LogP contribution >= 0.6 is 0 Å². The van der Waals surface area contributed by atoms with Crippen LogP contribution in [0.25, 0.3) is 0 Å². The Hall–Kier alpha value is -1.17. The molecule has 1 aliphatic rings. The number of hydrogen-bond donors (Lipinski definition) is 4. The average molecular weight is 354 g/mol. The molecule has 0 saturated heterocycles. The summed E-state index contributed by atoms with van der Waals surface area (Å²) >= 11 is 0. The summed E-state index contributed by atoms with van der Waals surface area (Å²) in [6.07, 6.45) is 12.3. The van der Waals surface area contributed by atoms with E-state index in [4.69, 9.17) is 5.11 Å². The van der Waals surface area contributed by atoms with E-state index in [2.05, 4.69) is 6.92 Å². The lowest BCUT2D eigenvalue weighted by Crippen LogP contribution is -2.20. The minimum absolute atomic E-state index is 0.0650. The molecule has 4 N–H and O–H groups in total. The number of carbonyl (C=O) groups is 1. The highest BCUT2D eigenvalue weighted by Crippen LogP contribution is 2.36. The zero-order chi connectivity index (χ0) is 18.7. The van der Waals surface area contributed by atoms with Crippen LogP contribution in [0.1, 0.15) is 64.7 Å². The van der Waals surface area contributed by atoms with Crippen LogP contribution in [0.5, 0.6) is 0 Å². The normalized spacial score (nSPS) is 28.2. The number of carboxylic acids is 1. The van der Waals surface area contributed by atoms with Crippen LogP contribution in [0.15, 0.2) is 24.3 Å². The highest BCUT2D eigenvalue weighted by atomic mass is 16.4. The molecular formula is C20H34O5. The maximum absolute atomic E-state index is 10.5. The molecule has 5 nitrogen and oxygen atoms in total. The van der Waals surface area contributed by atoms with Crippen LogP contribution in [0.3, 0.4) is 0 Å². The minimum Gasteiger partial charge on any atom is -0.481 e. The van der Waals surface area contributed by atoms with Crippen molar-refractivity contribution >= 4 is 5.97 Å². The van der Waals surface area contributed by atoms with Gasteiger partial charge >= 0.3 is 5.97 Å². The van der Waals surface area contributed by atoms with Crippen molar-refractivity contribution in [3.8, 4) is 0 Å². The smallest absolute Gasteiger partial charge is 0.303 e. The van der Waals surface area contributed by atoms with Gasteiger partial charge in [0.05, 0.1) is 18.3 Å². The number of aliphatic hydroxyl groups excluding tert-OH is 3. The first-order valence-electron chi connectivity index (χ1n) is 9.55. The van der Waals surface area contributed by atoms with Crippen LogP contribution in [0, 0.1) is 11.8 Å². The SMILES string of the molecule is CCCCCC(O)C=C[C@H]1C(O)CC(O)[C@H]1CC=CCCCC(=O)O. The molecule has 1 aliphatic carbocycles. The summed E-state index contributed by atoms with van der Waals surface area (Å²) < 4.78 is 0. The molecule has 0 aromatic carbocycles. The van der Waals surface area contributed by atoms with Crippen molar-refractivity contribution in [1.82, 2.24) is 0 Å². The van der Waals surface area contributed by atoms with E-state index in [1.54, 1.807) is 6.08 Å². The van der Waals surface area contributed by atoms with Gasteiger partial charge in [0.1, 0.15) is 0 Å². The molecule has 1 fully saturated rings. The molecule has 1 rings (SSSR count). The number of carboxylic acid groups (broad SMARTS) is 1. The minimum atomic E-state index is -0.787. The summed E-state index contributed by atoms with van der Waals surface area (Å²) in [5.74, 6) is -1.00. The van der Waals surface area contributed by atoms with Crippen molar-refractivity contribution in [2.75, 3.05) is 0 Å². The first kappa shape index (κ1) is 21.9. The third-order valence-corrected chi connectivity index (χ3v) is 4.91. The number of hydrogen-bond acceptors (Lipinski definition) is 4. The Morgan fingerprint density at radius 2 is 1.92 bits per heavy atom. The molecule has 0 bridgehead atoms. The first-order valence-corrected chi connectivity index (χ1v) is 9.55. The monoisotopic (exact) mass is 354 g/mol. The van der Waals surface area contributed by atoms with Crippen LogP contribution in [0.4, 0.5) is 0 Å². The van der Waals surface area contributed by atoms with Crippen molar-refractivity contribution in [3.63, 3.8) is 0 Å². The van der Waals surface area contributed by atoms with Gasteiger partial charge in [0, 0.05) is 18.8 Å². The van der Waals surface area contributed by atoms with E-state index in [9.17, 15) is 20.1 Å². The van der Waals surface area contributed by atoms with Gasteiger partial charge in [0.15, 0.2) is 0 Å². The van der Waals surface area contributed by atoms with Crippen molar-refractivity contribution in [2.45, 2.75) is 83.0 Å². The summed E-state index contributed by atoms with van der Waals surface area (Å²) in [6.45, 7) is 2.12. The zero-order valence-corrected chi connectivity index (χ0v) is 15.3. The third kappa shape index (κ3) is 8.66. The summed E-state index contributed by atoms with van der Waals surface area (Å²) in [5, 5.41) is 39.0. The van der Waals surface area contributed by atoms with Gasteiger partial charge in [-0.25, -0.2) is 0 Å². The third-order valence-electron chi connectivity index (χ3n) is 4.91. The largest absolute Gasteiger partial charge is 0.481 e. The maximum Gasteiger partial charge on any atom is 0.303 e. The first-order chi connectivity index (χ1) is 12.0. The second-order valence-electron chi connectivity index (χ2n) is 7.05. The Bertz CT molecular complexity index is 432. The van der Waals surface area contributed by atoms with Gasteiger partial charge in [-0.2, -0.15) is 0 Å². The fraction of sp³-hybridized carbons (Fsp3) is 0.750. The number of aliphatic hydroxyl groups is 3. The Labute approximate surface area is 151 Å². The zero-order valence-electron chi connectivity index (χ0n) is 15.3. The lowest BCUT2D eigenvalue weighted by Gasteiger charge is -2.19. The van der Waals surface area contributed by atoms with Crippen molar-refractivity contribution in [1.29, 1.82) is 0 Å². The predicted octanol–water partition coefficient (Wildman–Crippen LogP) is 3.04. The van der Waals surface area contributed by atoms with Gasteiger partial charge < -0.3 is 20.4 Å². The van der Waals surface area contributed by atoms with E-state index >= 15 is 0 Å². The summed E-state index contributed by atoms with van der Waals surface area (Å²) in [5.41, 5.74) is 0. The molecule has 5 heteroatoms. The molecule has 1 saturated carbocycles. The van der Waals surface area contributed by atoms with Gasteiger partial charge in [-0.1, -0.05) is 50.5 Å². The Kier molecular flexibility index (Phi) is 10.7. The van der Waals surface area contributed by atoms with E-state index in [1.165, 1.54) is 0 Å². The van der Waals surface area contributed by atoms with Crippen LogP contribution in [-0.4, -0.2) is 44.7 Å². The predicted molar refractivity (Wildman–Crippen MR) is 98.1 cm³/mol. The summed E-state index contributed by atoms with van der Waals surface area (Å²) in [4.78, 5) is 10.5. The van der Waals surface area contributed by atoms with Crippen molar-refractivity contribution in [2.24, 2.45) is 11.8 Å². The van der Waals surface area contributed by atoms with Gasteiger partial charge in [0.25, 0.3) is 0 Å². The molecule has 0 aromatic rings. The highest BCUT2D eigenvalue weighted by molar-refractivity contribution is 5.66. The van der Waals surface area contributed by atoms with E-state index in [1.807, 2.05) is 18.2 Å². The molecule has 0 amide bonds. The lowest BCUT2D eigenvalue weighted by molar-refractivity contribution is -0.137. The number of aliphatic carboxylic acids is 1. The summed E-state index contributed by atoms with van der Waals surface area (Å²) in [6, 6.07) is 0. The fourth-order valence-electron chi connectivity index (χ4n) is 3.41. The van der Waals surface area contributed by atoms with Gasteiger partial charge in [0.2, 0.25) is 0 Å². The van der Waals surface area contributed by atoms with E-state index < -0.39 is 24.3 Å². The second kappa shape index (κ2) is 12.2. The van der Waals surface area contributed by atoms with Crippen LogP contribution in [-0.2, 0) is 4.79 Å². The Morgan fingerprint density at radius 1 is 1.16 bits per heavy atom. The maximum atomic E-state index is 10.5. The fourth-order valence-corrected chi connectivity index (χ4v) is 3.41. The van der Waals surface area contributed by atoms with Gasteiger partial charge in [-0.3, -0.25) is 4.79 Å². The quantitative estimate of drug-likeness (QED) is 0.319. The molecule has 0 radical (unpaired) electrons. The molecule has 0 aromatic heterocycles. The number of unbranched alkanes of at least 4 members (excludes halogenated alkanes) is 3. The highest BCUT2D eigenvalue weighted by Gasteiger charge is 2.39. The van der Waals surface area contributed by atoms with Gasteiger partial charge in [-0.05, 0) is 31.6 Å². The van der Waals surface area contributed by atoms with Crippen LogP contribution < -0.4 is 0 Å². The van der Waals surface area contributed by atoms with Gasteiger partial charge in [-0.15, -0.1) is 0 Å².